The highest BCUT2D eigenvalue weighted by Gasteiger charge is 2.19. The molecule has 2 atom stereocenters. The number of hydrogen-bond acceptors (Lipinski definition) is 6. The van der Waals surface area contributed by atoms with Gasteiger partial charge >= 0.3 is 5.97 Å². The van der Waals surface area contributed by atoms with Gasteiger partial charge in [-0.15, -0.1) is 0 Å². The van der Waals surface area contributed by atoms with E-state index in [1.54, 1.807) is 7.05 Å². The van der Waals surface area contributed by atoms with Gasteiger partial charge in [-0.3, -0.25) is 9.59 Å². The minimum Gasteiger partial charge on any atom is -0.481 e. The maximum absolute atomic E-state index is 9.66. The summed E-state index contributed by atoms with van der Waals surface area (Å²) in [7, 11) is 8.86. The average Bonchev–Trinajstić information content (AvgIpc) is 3.02. The van der Waals surface area contributed by atoms with E-state index in [1.165, 1.54) is 4.90 Å². The lowest BCUT2D eigenvalue weighted by Gasteiger charge is -2.05. The molecule has 1 aliphatic rings. The van der Waals surface area contributed by atoms with Gasteiger partial charge in [0.05, 0.1) is 19.3 Å². The minimum atomic E-state index is -0.711. The van der Waals surface area contributed by atoms with Crippen LogP contribution in [0.15, 0.2) is 0 Å². The third-order valence-corrected chi connectivity index (χ3v) is 2.93. The van der Waals surface area contributed by atoms with Crippen LogP contribution in [0, 0.1) is 0 Å². The second-order valence-electron chi connectivity index (χ2n) is 5.86. The molecular weight excluding hydrogens is 339 g/mol. The molecule has 0 aromatic carbocycles. The minimum absolute atomic E-state index is 0.00463. The third-order valence-electron chi connectivity index (χ3n) is 2.93. The van der Waals surface area contributed by atoms with Crippen LogP contribution in [0.3, 0.4) is 0 Å². The number of rotatable bonds is 7. The fourth-order valence-electron chi connectivity index (χ4n) is 1.24. The molecule has 0 aliphatic carbocycles. The van der Waals surface area contributed by atoms with Gasteiger partial charge < -0.3 is 30.0 Å². The van der Waals surface area contributed by atoms with E-state index >= 15 is 0 Å². The summed E-state index contributed by atoms with van der Waals surface area (Å²) in [6.07, 6.45) is 4.09. The SMILES string of the molecule is CCCC(=O)O.CN(C=O)CC=O.CNC(C)C.[B]C1CCC(CO)O1. The fraction of sp³-hybridized carbons (Fsp3) is 0.824. The predicted octanol–water partition coefficient (Wildman–Crippen LogP) is 0.411. The maximum Gasteiger partial charge on any atom is 0.303 e. The lowest BCUT2D eigenvalue weighted by atomic mass is 9.97. The number of aldehydes is 1. The number of aliphatic hydroxyl groups is 1. The zero-order chi connectivity index (χ0) is 21.0. The van der Waals surface area contributed by atoms with Crippen LogP contribution in [0.25, 0.3) is 0 Å². The number of carboxylic acid groups (broad SMARTS) is 1. The highest BCUT2D eigenvalue weighted by atomic mass is 16.5. The average molecular weight is 374 g/mol. The van der Waals surface area contributed by atoms with E-state index in [2.05, 4.69) is 19.2 Å². The van der Waals surface area contributed by atoms with Gasteiger partial charge in [-0.05, 0) is 26.3 Å². The van der Waals surface area contributed by atoms with Crippen LogP contribution in [0.2, 0.25) is 0 Å². The highest BCUT2D eigenvalue weighted by Crippen LogP contribution is 2.15. The van der Waals surface area contributed by atoms with Gasteiger partial charge in [0, 0.05) is 25.5 Å². The Morgan fingerprint density at radius 3 is 2.04 bits per heavy atom. The van der Waals surface area contributed by atoms with Crippen molar-refractivity contribution in [2.24, 2.45) is 0 Å². The number of hydrogen-bond donors (Lipinski definition) is 3. The number of aliphatic carboxylic acids is 1. The molecule has 1 heterocycles. The van der Waals surface area contributed by atoms with Gasteiger partial charge in [-0.25, -0.2) is 0 Å². The molecule has 26 heavy (non-hydrogen) atoms. The van der Waals surface area contributed by atoms with Crippen LogP contribution in [-0.2, 0) is 19.1 Å². The van der Waals surface area contributed by atoms with E-state index in [-0.39, 0.29) is 25.3 Å². The molecule has 1 amide bonds. The molecule has 0 bridgehead atoms. The van der Waals surface area contributed by atoms with Crippen molar-refractivity contribution in [2.45, 2.75) is 64.6 Å². The standard InChI is InChI=1S/C5H9BO2.C4H7NO2.C4H11N.C4H8O2/c6-5-2-1-4(3-7)8-5;1-5(4-7)2-3-6;1-4(2)5-3;1-2-3-4(5)6/h4-5,7H,1-3H2;3-4H,2H2,1H3;4-5H,1-3H3;2-3H2,1H3,(H,5,6). The molecule has 1 rings (SSSR count). The van der Waals surface area contributed by atoms with Crippen LogP contribution >= 0.6 is 0 Å². The van der Waals surface area contributed by atoms with E-state index < -0.39 is 5.97 Å². The molecule has 0 spiro atoms. The van der Waals surface area contributed by atoms with E-state index in [1.807, 2.05) is 14.0 Å². The van der Waals surface area contributed by atoms with Crippen LogP contribution in [0.4, 0.5) is 0 Å². The normalized spacial score (nSPS) is 17.5. The summed E-state index contributed by atoms with van der Waals surface area (Å²) in [5.41, 5.74) is 0. The summed E-state index contributed by atoms with van der Waals surface area (Å²) in [6.45, 7) is 6.35. The first-order valence-corrected chi connectivity index (χ1v) is 8.68. The van der Waals surface area contributed by atoms with Crippen molar-refractivity contribution in [3.63, 3.8) is 0 Å². The maximum atomic E-state index is 9.66. The summed E-state index contributed by atoms with van der Waals surface area (Å²) in [6, 6.07) is 0.502. The van der Waals surface area contributed by atoms with Crippen LogP contribution in [-0.4, -0.2) is 87.0 Å². The number of ether oxygens (including phenoxy) is 1. The topological polar surface area (TPSA) is 116 Å². The molecule has 1 aliphatic heterocycles. The number of likely N-dealkylation sites (N-methyl/N-ethyl adjacent to an activating group) is 1. The molecule has 2 unspecified atom stereocenters. The first-order valence-electron chi connectivity index (χ1n) is 8.68. The molecule has 3 N–H and O–H groups in total. The smallest absolute Gasteiger partial charge is 0.303 e. The van der Waals surface area contributed by atoms with Crippen LogP contribution in [0.1, 0.15) is 46.5 Å². The molecule has 8 nitrogen and oxygen atoms in total. The number of carboxylic acids is 1. The van der Waals surface area contributed by atoms with Crippen molar-refractivity contribution in [3.8, 4) is 0 Å². The number of nitrogens with zero attached hydrogens (tertiary/aromatic N) is 1. The van der Waals surface area contributed by atoms with Gasteiger partial charge in [0.15, 0.2) is 0 Å². The van der Waals surface area contributed by atoms with Gasteiger partial charge in [0.2, 0.25) is 6.41 Å². The summed E-state index contributed by atoms with van der Waals surface area (Å²) in [4.78, 5) is 30.1. The number of nitrogens with one attached hydrogen (secondary N) is 1. The summed E-state index contributed by atoms with van der Waals surface area (Å²) < 4.78 is 5.04. The largest absolute Gasteiger partial charge is 0.481 e. The monoisotopic (exact) mass is 374 g/mol. The Kier molecular flexibility index (Phi) is 24.4. The van der Waals surface area contributed by atoms with Crippen molar-refractivity contribution < 1.29 is 29.3 Å². The lowest BCUT2D eigenvalue weighted by molar-refractivity contribution is -0.137. The summed E-state index contributed by atoms with van der Waals surface area (Å²) in [5, 5.41) is 19.4. The molecule has 9 heteroatoms. The second kappa shape index (κ2) is 21.6. The Hall–Kier alpha value is -1.45. The van der Waals surface area contributed by atoms with Crippen molar-refractivity contribution in [1.82, 2.24) is 10.2 Å². The highest BCUT2D eigenvalue weighted by molar-refractivity contribution is 6.11. The van der Waals surface area contributed by atoms with E-state index in [0.29, 0.717) is 25.2 Å². The molecule has 152 valence electrons. The van der Waals surface area contributed by atoms with Gasteiger partial charge in [-0.2, -0.15) is 0 Å². The van der Waals surface area contributed by atoms with Crippen molar-refractivity contribution >= 4 is 26.5 Å². The molecule has 2 radical (unpaired) electrons. The summed E-state index contributed by atoms with van der Waals surface area (Å²) >= 11 is 0. The van der Waals surface area contributed by atoms with Crippen molar-refractivity contribution in [1.29, 1.82) is 0 Å². The quantitative estimate of drug-likeness (QED) is 0.437. The number of amides is 1. The van der Waals surface area contributed by atoms with E-state index in [9.17, 15) is 14.4 Å². The van der Waals surface area contributed by atoms with Gasteiger partial charge in [-0.1, -0.05) is 20.8 Å². The molecule has 1 fully saturated rings. The van der Waals surface area contributed by atoms with Gasteiger partial charge in [0.25, 0.3) is 0 Å². The zero-order valence-corrected chi connectivity index (χ0v) is 16.7. The zero-order valence-electron chi connectivity index (χ0n) is 16.7. The van der Waals surface area contributed by atoms with Crippen molar-refractivity contribution in [3.05, 3.63) is 0 Å². The molecule has 0 aromatic heterocycles. The number of carbonyl (C=O) groups is 3. The number of aliphatic hydroxyl groups excluding tert-OH is 1. The fourth-order valence-corrected chi connectivity index (χ4v) is 1.24. The van der Waals surface area contributed by atoms with Crippen molar-refractivity contribution in [2.75, 3.05) is 27.2 Å². The number of carbonyl (C=O) groups excluding carboxylic acids is 2. The molecular formula is C17H35BN2O6. The Bertz CT molecular complexity index is 345. The van der Waals surface area contributed by atoms with Crippen LogP contribution in [0.5, 0.6) is 0 Å². The van der Waals surface area contributed by atoms with E-state index in [0.717, 1.165) is 19.3 Å². The Labute approximate surface area is 158 Å². The lowest BCUT2D eigenvalue weighted by Crippen LogP contribution is -2.17. The second-order valence-corrected chi connectivity index (χ2v) is 5.86. The third kappa shape index (κ3) is 27.4. The first-order chi connectivity index (χ1) is 12.2. The van der Waals surface area contributed by atoms with Crippen LogP contribution < -0.4 is 5.32 Å². The van der Waals surface area contributed by atoms with Gasteiger partial charge in [0.1, 0.15) is 14.1 Å². The molecule has 0 saturated carbocycles. The van der Waals surface area contributed by atoms with E-state index in [4.69, 9.17) is 22.8 Å². The Morgan fingerprint density at radius 2 is 1.92 bits per heavy atom. The Balaban J connectivity index is -0.000000276. The predicted molar refractivity (Wildman–Crippen MR) is 102 cm³/mol. The summed E-state index contributed by atoms with van der Waals surface area (Å²) in [5.74, 6) is -0.711. The Morgan fingerprint density at radius 1 is 1.38 bits per heavy atom. The molecule has 0 aromatic rings. The first kappa shape index (κ1) is 29.3. The molecule has 1 saturated heterocycles.